The number of nitrogens with one attached hydrogen (secondary N) is 1. The lowest BCUT2D eigenvalue weighted by atomic mass is 10.2. The predicted molar refractivity (Wildman–Crippen MR) is 89.3 cm³/mol. The molecule has 1 heterocycles. The molecule has 0 radical (unpaired) electrons. The molecule has 3 nitrogen and oxygen atoms in total. The second-order valence-corrected chi connectivity index (χ2v) is 5.71. The zero-order valence-corrected chi connectivity index (χ0v) is 13.5. The van der Waals surface area contributed by atoms with E-state index >= 15 is 0 Å². The smallest absolute Gasteiger partial charge is 0.130 e. The molecule has 1 aromatic carbocycles. The molecule has 4 heteroatoms. The van der Waals surface area contributed by atoms with Crippen LogP contribution in [0.25, 0.3) is 0 Å². The van der Waals surface area contributed by atoms with Gasteiger partial charge in [-0.25, -0.2) is 4.98 Å². The maximum Gasteiger partial charge on any atom is 0.130 e. The minimum atomic E-state index is 0.837. The molecule has 0 unspecified atom stereocenters. The number of aromatic nitrogens is 1. The van der Waals surface area contributed by atoms with Gasteiger partial charge in [0.2, 0.25) is 0 Å². The Morgan fingerprint density at radius 1 is 1.20 bits per heavy atom. The predicted octanol–water partition coefficient (Wildman–Crippen LogP) is 4.30. The van der Waals surface area contributed by atoms with Crippen LogP contribution in [0, 0.1) is 0 Å². The minimum absolute atomic E-state index is 0.837. The van der Waals surface area contributed by atoms with Crippen LogP contribution >= 0.6 is 15.9 Å². The maximum atomic E-state index is 4.63. The quantitative estimate of drug-likeness (QED) is 0.854. The molecular weight excluding hydrogens is 314 g/mol. The molecule has 0 aliphatic heterocycles. The summed E-state index contributed by atoms with van der Waals surface area (Å²) in [4.78, 5) is 6.78. The number of hydrogen-bond donors (Lipinski definition) is 1. The molecule has 20 heavy (non-hydrogen) atoms. The van der Waals surface area contributed by atoms with Crippen LogP contribution in [0.1, 0.15) is 18.9 Å². The molecule has 106 valence electrons. The summed E-state index contributed by atoms with van der Waals surface area (Å²) in [6, 6.07) is 14.4. The van der Waals surface area contributed by atoms with Crippen LogP contribution in [0.15, 0.2) is 46.9 Å². The fraction of sp³-hybridized carbons (Fsp3) is 0.312. The number of anilines is 2. The number of halogens is 1. The summed E-state index contributed by atoms with van der Waals surface area (Å²) in [5.41, 5.74) is 1.26. The molecule has 2 rings (SSSR count). The summed E-state index contributed by atoms with van der Waals surface area (Å²) in [6.45, 7) is 3.94. The summed E-state index contributed by atoms with van der Waals surface area (Å²) in [6.07, 6.45) is 1.10. The van der Waals surface area contributed by atoms with Crippen LogP contribution in [0.2, 0.25) is 0 Å². The van der Waals surface area contributed by atoms with E-state index in [-0.39, 0.29) is 0 Å². The van der Waals surface area contributed by atoms with Gasteiger partial charge in [0.25, 0.3) is 0 Å². The molecular formula is C16H20BrN3. The van der Waals surface area contributed by atoms with Gasteiger partial charge in [-0.05, 0) is 36.2 Å². The summed E-state index contributed by atoms with van der Waals surface area (Å²) in [5, 5.41) is 3.32. The van der Waals surface area contributed by atoms with E-state index in [1.165, 1.54) is 5.56 Å². The van der Waals surface area contributed by atoms with Gasteiger partial charge in [0.05, 0.1) is 0 Å². The fourth-order valence-corrected chi connectivity index (χ4v) is 2.42. The molecule has 1 N–H and O–H groups in total. The van der Waals surface area contributed by atoms with Crippen molar-refractivity contribution in [1.82, 2.24) is 4.98 Å². The lowest BCUT2D eigenvalue weighted by molar-refractivity contribution is 0.893. The first kappa shape index (κ1) is 14.9. The number of pyridine rings is 1. The standard InChI is InChI=1S/C16H20BrN3/c1-3-10-18-15-8-5-9-16(19-15)20(2)12-13-6-4-7-14(17)11-13/h4-9,11H,3,10,12H2,1-2H3,(H,18,19). The highest BCUT2D eigenvalue weighted by Crippen LogP contribution is 2.17. The summed E-state index contributed by atoms with van der Waals surface area (Å²) in [5.74, 6) is 1.91. The van der Waals surface area contributed by atoms with Gasteiger partial charge in [-0.15, -0.1) is 0 Å². The molecule has 0 spiro atoms. The first-order chi connectivity index (χ1) is 9.69. The van der Waals surface area contributed by atoms with Gasteiger partial charge in [0.15, 0.2) is 0 Å². The zero-order chi connectivity index (χ0) is 14.4. The summed E-state index contributed by atoms with van der Waals surface area (Å²) in [7, 11) is 2.06. The minimum Gasteiger partial charge on any atom is -0.370 e. The largest absolute Gasteiger partial charge is 0.370 e. The molecule has 0 aliphatic rings. The molecule has 0 atom stereocenters. The third-order valence-corrected chi connectivity index (χ3v) is 3.48. The van der Waals surface area contributed by atoms with Crippen molar-refractivity contribution in [2.75, 3.05) is 23.8 Å². The van der Waals surface area contributed by atoms with Gasteiger partial charge in [-0.3, -0.25) is 0 Å². The molecule has 0 saturated carbocycles. The Morgan fingerprint density at radius 3 is 2.75 bits per heavy atom. The van der Waals surface area contributed by atoms with Crippen LogP contribution < -0.4 is 10.2 Å². The monoisotopic (exact) mass is 333 g/mol. The Labute approximate surface area is 129 Å². The van der Waals surface area contributed by atoms with Crippen LogP contribution in [0.5, 0.6) is 0 Å². The molecule has 0 amide bonds. The third kappa shape index (κ3) is 4.23. The topological polar surface area (TPSA) is 28.2 Å². The Bertz CT molecular complexity index is 557. The fourth-order valence-electron chi connectivity index (χ4n) is 1.98. The summed E-state index contributed by atoms with van der Waals surface area (Å²) < 4.78 is 1.11. The van der Waals surface area contributed by atoms with Crippen LogP contribution in [0.3, 0.4) is 0 Å². The van der Waals surface area contributed by atoms with Crippen molar-refractivity contribution in [1.29, 1.82) is 0 Å². The van der Waals surface area contributed by atoms with E-state index in [0.717, 1.165) is 35.6 Å². The van der Waals surface area contributed by atoms with Crippen LogP contribution in [-0.2, 0) is 6.54 Å². The highest BCUT2D eigenvalue weighted by Gasteiger charge is 2.05. The number of nitrogens with zero attached hydrogens (tertiary/aromatic N) is 2. The molecule has 2 aromatic rings. The average Bonchev–Trinajstić information content (AvgIpc) is 2.45. The lowest BCUT2D eigenvalue weighted by Gasteiger charge is -2.19. The van der Waals surface area contributed by atoms with Crippen molar-refractivity contribution in [2.24, 2.45) is 0 Å². The van der Waals surface area contributed by atoms with E-state index in [2.05, 4.69) is 63.3 Å². The average molecular weight is 334 g/mol. The number of hydrogen-bond acceptors (Lipinski definition) is 3. The highest BCUT2D eigenvalue weighted by atomic mass is 79.9. The van der Waals surface area contributed by atoms with Crippen molar-refractivity contribution in [3.63, 3.8) is 0 Å². The van der Waals surface area contributed by atoms with Gasteiger partial charge in [0.1, 0.15) is 11.6 Å². The van der Waals surface area contributed by atoms with Gasteiger partial charge in [0, 0.05) is 24.6 Å². The van der Waals surface area contributed by atoms with E-state index in [9.17, 15) is 0 Å². The first-order valence-corrected chi connectivity index (χ1v) is 7.65. The van der Waals surface area contributed by atoms with E-state index < -0.39 is 0 Å². The van der Waals surface area contributed by atoms with Gasteiger partial charge in [-0.1, -0.05) is 41.1 Å². The van der Waals surface area contributed by atoms with Crippen molar-refractivity contribution in [3.8, 4) is 0 Å². The van der Waals surface area contributed by atoms with E-state index in [0.29, 0.717) is 0 Å². The Kier molecular flexibility index (Phi) is 5.41. The Morgan fingerprint density at radius 2 is 2.00 bits per heavy atom. The molecule has 0 fully saturated rings. The zero-order valence-electron chi connectivity index (χ0n) is 11.9. The molecule has 0 aliphatic carbocycles. The van der Waals surface area contributed by atoms with Crippen LogP contribution in [-0.4, -0.2) is 18.6 Å². The summed E-state index contributed by atoms with van der Waals surface area (Å²) >= 11 is 3.50. The lowest BCUT2D eigenvalue weighted by Crippen LogP contribution is -2.18. The molecule has 0 saturated heterocycles. The second kappa shape index (κ2) is 7.29. The Hall–Kier alpha value is -1.55. The van der Waals surface area contributed by atoms with Gasteiger partial charge >= 0.3 is 0 Å². The van der Waals surface area contributed by atoms with Crippen molar-refractivity contribution in [3.05, 3.63) is 52.5 Å². The van der Waals surface area contributed by atoms with Crippen molar-refractivity contribution in [2.45, 2.75) is 19.9 Å². The molecule has 0 bridgehead atoms. The van der Waals surface area contributed by atoms with Crippen molar-refractivity contribution >= 4 is 27.6 Å². The van der Waals surface area contributed by atoms with E-state index in [1.54, 1.807) is 0 Å². The van der Waals surface area contributed by atoms with Gasteiger partial charge < -0.3 is 10.2 Å². The second-order valence-electron chi connectivity index (χ2n) is 4.79. The number of rotatable bonds is 6. The normalized spacial score (nSPS) is 10.3. The van der Waals surface area contributed by atoms with E-state index in [4.69, 9.17) is 0 Å². The molecule has 1 aromatic heterocycles. The van der Waals surface area contributed by atoms with Gasteiger partial charge in [-0.2, -0.15) is 0 Å². The highest BCUT2D eigenvalue weighted by molar-refractivity contribution is 9.10. The SMILES string of the molecule is CCCNc1cccc(N(C)Cc2cccc(Br)c2)n1. The first-order valence-electron chi connectivity index (χ1n) is 6.85. The van der Waals surface area contributed by atoms with Crippen LogP contribution in [0.4, 0.5) is 11.6 Å². The third-order valence-electron chi connectivity index (χ3n) is 2.99. The Balaban J connectivity index is 2.06. The number of benzene rings is 1. The van der Waals surface area contributed by atoms with E-state index in [1.807, 2.05) is 24.3 Å². The van der Waals surface area contributed by atoms with Crippen molar-refractivity contribution < 1.29 is 0 Å². The maximum absolute atomic E-state index is 4.63.